The Morgan fingerprint density at radius 1 is 1.36 bits per heavy atom. The maximum Gasteiger partial charge on any atom is 0.410 e. The van der Waals surface area contributed by atoms with Gasteiger partial charge in [-0.25, -0.2) is 9.18 Å². The number of halogens is 1. The number of ether oxygens (including phenoxy) is 1. The molecule has 3 atom stereocenters. The van der Waals surface area contributed by atoms with Crippen molar-refractivity contribution < 1.29 is 13.9 Å². The number of piperidine rings is 2. The quantitative estimate of drug-likeness (QED) is 0.793. The number of nitrogens with two attached hydrogens (primary N) is 1. The lowest BCUT2D eigenvalue weighted by Crippen LogP contribution is -2.65. The maximum atomic E-state index is 14.6. The zero-order chi connectivity index (χ0) is 15.9. The van der Waals surface area contributed by atoms with Gasteiger partial charge in [0, 0.05) is 52.1 Å². The summed E-state index contributed by atoms with van der Waals surface area (Å²) in [5.41, 5.74) is 5.87. The number of nitrogens with zero attached hydrogens (tertiary/aromatic N) is 3. The molecule has 3 fully saturated rings. The van der Waals surface area contributed by atoms with Gasteiger partial charge in [0.1, 0.15) is 11.8 Å². The molecule has 3 aliphatic rings. The van der Waals surface area contributed by atoms with E-state index < -0.39 is 6.17 Å². The molecule has 0 aromatic rings. The molecule has 0 aliphatic carbocycles. The molecule has 1 spiro atoms. The minimum absolute atomic E-state index is 0.161. The second kappa shape index (κ2) is 5.94. The van der Waals surface area contributed by atoms with Crippen molar-refractivity contribution in [3.63, 3.8) is 0 Å². The second-order valence-corrected chi connectivity index (χ2v) is 6.97. The molecule has 0 radical (unpaired) electrons. The number of hydrogen-bond donors (Lipinski definition) is 1. The molecule has 126 valence electrons. The van der Waals surface area contributed by atoms with Crippen LogP contribution in [0.25, 0.3) is 0 Å². The monoisotopic (exact) mass is 314 g/mol. The van der Waals surface area contributed by atoms with Gasteiger partial charge in [-0.2, -0.15) is 0 Å². The number of amides is 1. The van der Waals surface area contributed by atoms with E-state index in [4.69, 9.17) is 10.5 Å². The third-order valence-corrected chi connectivity index (χ3v) is 5.43. The molecule has 2 N–H and O–H groups in total. The highest BCUT2D eigenvalue weighted by Crippen LogP contribution is 2.34. The van der Waals surface area contributed by atoms with E-state index in [1.54, 1.807) is 11.9 Å². The van der Waals surface area contributed by atoms with Crippen molar-refractivity contribution >= 4 is 6.09 Å². The van der Waals surface area contributed by atoms with Gasteiger partial charge < -0.3 is 15.4 Å². The van der Waals surface area contributed by atoms with E-state index >= 15 is 0 Å². The Bertz CT molecular complexity index is 416. The minimum Gasteiger partial charge on any atom is -0.441 e. The molecular formula is C15H27FN4O2. The van der Waals surface area contributed by atoms with Crippen molar-refractivity contribution in [2.75, 3.05) is 46.3 Å². The summed E-state index contributed by atoms with van der Waals surface area (Å²) in [6.07, 6.45) is 0.365. The molecule has 0 aromatic carbocycles. The van der Waals surface area contributed by atoms with Gasteiger partial charge >= 0.3 is 6.09 Å². The molecule has 3 unspecified atom stereocenters. The largest absolute Gasteiger partial charge is 0.441 e. The Balaban J connectivity index is 1.61. The van der Waals surface area contributed by atoms with Crippen LogP contribution in [0.2, 0.25) is 0 Å². The summed E-state index contributed by atoms with van der Waals surface area (Å²) in [6, 6.07) is -0.374. The van der Waals surface area contributed by atoms with Crippen LogP contribution in [-0.4, -0.2) is 91.0 Å². The van der Waals surface area contributed by atoms with Gasteiger partial charge in [0.25, 0.3) is 0 Å². The SMILES string of the molecule is CCN1CC(N)C(N2CCC3(CC2)CN(C)C(=O)O3)C(F)C1. The van der Waals surface area contributed by atoms with Gasteiger partial charge in [-0.15, -0.1) is 0 Å². The normalized spacial score (nSPS) is 36.8. The van der Waals surface area contributed by atoms with Crippen LogP contribution in [0.3, 0.4) is 0 Å². The van der Waals surface area contributed by atoms with Crippen molar-refractivity contribution in [3.05, 3.63) is 0 Å². The zero-order valence-corrected chi connectivity index (χ0v) is 13.5. The number of likely N-dealkylation sites (tertiary alicyclic amines) is 2. The van der Waals surface area contributed by atoms with E-state index in [1.165, 1.54) is 0 Å². The van der Waals surface area contributed by atoms with Crippen LogP contribution >= 0.6 is 0 Å². The summed E-state index contributed by atoms with van der Waals surface area (Å²) in [7, 11) is 1.76. The Morgan fingerprint density at radius 2 is 2.05 bits per heavy atom. The third kappa shape index (κ3) is 2.81. The van der Waals surface area contributed by atoms with Gasteiger partial charge in [0.2, 0.25) is 0 Å². The Kier molecular flexibility index (Phi) is 4.31. The molecule has 22 heavy (non-hydrogen) atoms. The molecule has 6 nitrogen and oxygen atoms in total. The standard InChI is InChI=1S/C15H27FN4O2/c1-3-19-8-11(16)13(12(17)9-19)20-6-4-15(5-7-20)10-18(2)14(21)22-15/h11-13H,3-10,17H2,1-2H3. The van der Waals surface area contributed by atoms with Crippen LogP contribution in [0.4, 0.5) is 9.18 Å². The van der Waals surface area contributed by atoms with E-state index in [0.717, 1.165) is 39.0 Å². The molecule has 3 rings (SSSR count). The zero-order valence-electron chi connectivity index (χ0n) is 13.5. The van der Waals surface area contributed by atoms with Crippen molar-refractivity contribution in [3.8, 4) is 0 Å². The summed E-state index contributed by atoms with van der Waals surface area (Å²) < 4.78 is 20.1. The van der Waals surface area contributed by atoms with Crippen LogP contribution in [0.1, 0.15) is 19.8 Å². The average molecular weight is 314 g/mol. The van der Waals surface area contributed by atoms with Gasteiger partial charge in [0.05, 0.1) is 12.6 Å². The Morgan fingerprint density at radius 3 is 2.55 bits per heavy atom. The van der Waals surface area contributed by atoms with Crippen molar-refractivity contribution in [1.82, 2.24) is 14.7 Å². The van der Waals surface area contributed by atoms with Crippen LogP contribution < -0.4 is 5.73 Å². The van der Waals surface area contributed by atoms with Crippen molar-refractivity contribution in [2.45, 2.75) is 43.6 Å². The Hall–Kier alpha value is -0.920. The molecule has 0 saturated carbocycles. The smallest absolute Gasteiger partial charge is 0.410 e. The number of rotatable bonds is 2. The molecule has 7 heteroatoms. The molecule has 3 aliphatic heterocycles. The topological polar surface area (TPSA) is 62.0 Å². The lowest BCUT2D eigenvalue weighted by molar-refractivity contribution is -0.0417. The third-order valence-electron chi connectivity index (χ3n) is 5.43. The fourth-order valence-electron chi connectivity index (χ4n) is 4.14. The lowest BCUT2D eigenvalue weighted by Gasteiger charge is -2.47. The van der Waals surface area contributed by atoms with E-state index in [1.807, 2.05) is 6.92 Å². The highest BCUT2D eigenvalue weighted by molar-refractivity contribution is 5.70. The summed E-state index contributed by atoms with van der Waals surface area (Å²) in [5, 5.41) is 0. The highest BCUT2D eigenvalue weighted by atomic mass is 19.1. The average Bonchev–Trinajstić information content (AvgIpc) is 2.75. The fourth-order valence-corrected chi connectivity index (χ4v) is 4.14. The van der Waals surface area contributed by atoms with Gasteiger partial charge in [-0.1, -0.05) is 6.92 Å². The van der Waals surface area contributed by atoms with E-state index in [0.29, 0.717) is 13.1 Å². The van der Waals surface area contributed by atoms with Crippen molar-refractivity contribution in [2.24, 2.45) is 5.73 Å². The number of alkyl halides is 1. The molecule has 3 saturated heterocycles. The predicted octanol–water partition coefficient (Wildman–Crippen LogP) is 0.273. The number of likely N-dealkylation sites (N-methyl/N-ethyl adjacent to an activating group) is 2. The van der Waals surface area contributed by atoms with E-state index in [-0.39, 0.29) is 23.8 Å². The molecule has 0 aromatic heterocycles. The number of hydrogen-bond acceptors (Lipinski definition) is 5. The minimum atomic E-state index is -0.911. The van der Waals surface area contributed by atoms with Crippen LogP contribution in [-0.2, 0) is 4.74 Å². The first-order valence-electron chi connectivity index (χ1n) is 8.24. The van der Waals surface area contributed by atoms with Crippen molar-refractivity contribution in [1.29, 1.82) is 0 Å². The first kappa shape index (κ1) is 16.0. The first-order chi connectivity index (χ1) is 10.4. The Labute approximate surface area is 131 Å². The van der Waals surface area contributed by atoms with Gasteiger partial charge in [-0.05, 0) is 6.54 Å². The molecule has 0 bridgehead atoms. The maximum absolute atomic E-state index is 14.6. The van der Waals surface area contributed by atoms with Crippen LogP contribution in [0.5, 0.6) is 0 Å². The molecule has 1 amide bonds. The fraction of sp³-hybridized carbons (Fsp3) is 0.933. The van der Waals surface area contributed by atoms with Crippen LogP contribution in [0.15, 0.2) is 0 Å². The first-order valence-corrected chi connectivity index (χ1v) is 8.24. The summed E-state index contributed by atoms with van der Waals surface area (Å²) >= 11 is 0. The summed E-state index contributed by atoms with van der Waals surface area (Å²) in [5.74, 6) is 0. The summed E-state index contributed by atoms with van der Waals surface area (Å²) in [4.78, 5) is 17.5. The predicted molar refractivity (Wildman–Crippen MR) is 81.4 cm³/mol. The number of carbonyl (C=O) groups excluding carboxylic acids is 1. The second-order valence-electron chi connectivity index (χ2n) is 6.97. The van der Waals surface area contributed by atoms with E-state index in [2.05, 4.69) is 9.80 Å². The molecular weight excluding hydrogens is 287 g/mol. The van der Waals surface area contributed by atoms with Gasteiger partial charge in [-0.3, -0.25) is 9.80 Å². The lowest BCUT2D eigenvalue weighted by atomic mass is 9.88. The van der Waals surface area contributed by atoms with Gasteiger partial charge in [0.15, 0.2) is 0 Å². The van der Waals surface area contributed by atoms with E-state index in [9.17, 15) is 9.18 Å². The number of carbonyl (C=O) groups is 1. The van der Waals surface area contributed by atoms with Crippen LogP contribution in [0, 0.1) is 0 Å². The molecule has 3 heterocycles. The summed E-state index contributed by atoms with van der Waals surface area (Å²) in [6.45, 7) is 6.22. The highest BCUT2D eigenvalue weighted by Gasteiger charge is 2.48.